The van der Waals surface area contributed by atoms with Crippen molar-refractivity contribution in [3.8, 4) is 0 Å². The molecule has 42 heavy (non-hydrogen) atoms. The highest BCUT2D eigenvalue weighted by Crippen LogP contribution is 2.30. The van der Waals surface area contributed by atoms with Crippen LogP contribution < -0.4 is 10.7 Å². The second-order valence-electron chi connectivity index (χ2n) is 11.2. The highest BCUT2D eigenvalue weighted by molar-refractivity contribution is 5.69. The predicted molar refractivity (Wildman–Crippen MR) is 166 cm³/mol. The van der Waals surface area contributed by atoms with E-state index in [1.807, 2.05) is 32.1 Å². The summed E-state index contributed by atoms with van der Waals surface area (Å²) in [5, 5.41) is 20.7. The van der Waals surface area contributed by atoms with E-state index in [2.05, 4.69) is 53.0 Å². The zero-order chi connectivity index (χ0) is 30.3. The number of aromatic amines is 4. The maximum Gasteiger partial charge on any atom is 0.303 e. The van der Waals surface area contributed by atoms with E-state index < -0.39 is 11.9 Å². The molecule has 1 aliphatic heterocycles. The molecule has 0 amide bonds. The molecule has 8 bridgehead atoms. The Morgan fingerprint density at radius 3 is 1.81 bits per heavy atom. The summed E-state index contributed by atoms with van der Waals surface area (Å²) in [7, 11) is 0. The molecule has 218 valence electrons. The van der Waals surface area contributed by atoms with Gasteiger partial charge in [0.25, 0.3) is 0 Å². The third-order valence-corrected chi connectivity index (χ3v) is 8.74. The molecule has 6 N–H and O–H groups in total. The second-order valence-corrected chi connectivity index (χ2v) is 11.2. The van der Waals surface area contributed by atoms with E-state index in [9.17, 15) is 19.8 Å². The first-order chi connectivity index (χ1) is 20.0. The fourth-order valence-corrected chi connectivity index (χ4v) is 6.29. The largest absolute Gasteiger partial charge is 0.481 e. The van der Waals surface area contributed by atoms with Gasteiger partial charge in [-0.1, -0.05) is 25.3 Å². The monoisotopic (exact) mass is 566 g/mol. The van der Waals surface area contributed by atoms with Gasteiger partial charge < -0.3 is 30.1 Å². The Kier molecular flexibility index (Phi) is 7.73. The van der Waals surface area contributed by atoms with Gasteiger partial charge in [-0.25, -0.2) is 0 Å². The first kappa shape index (κ1) is 28.8. The molecule has 0 aromatic carbocycles. The lowest BCUT2D eigenvalue weighted by Gasteiger charge is -2.03. The van der Waals surface area contributed by atoms with Gasteiger partial charge in [-0.05, 0) is 97.2 Å². The van der Waals surface area contributed by atoms with E-state index in [-0.39, 0.29) is 12.8 Å². The summed E-state index contributed by atoms with van der Waals surface area (Å²) < 4.78 is 0. The summed E-state index contributed by atoms with van der Waals surface area (Å²) in [6.07, 6.45) is 9.88. The van der Waals surface area contributed by atoms with Gasteiger partial charge in [0.2, 0.25) is 0 Å². The van der Waals surface area contributed by atoms with Crippen LogP contribution in [0.4, 0.5) is 0 Å². The lowest BCUT2D eigenvalue weighted by molar-refractivity contribution is -0.138. The van der Waals surface area contributed by atoms with E-state index in [0.717, 1.165) is 89.4 Å². The summed E-state index contributed by atoms with van der Waals surface area (Å²) in [5.74, 6) is -1.71. The minimum absolute atomic E-state index is 0.00472. The summed E-state index contributed by atoms with van der Waals surface area (Å²) >= 11 is 0. The Balaban J connectivity index is 1.83. The molecule has 4 aromatic rings. The van der Waals surface area contributed by atoms with Crippen LogP contribution in [0.15, 0.2) is 13.2 Å². The quantitative estimate of drug-likeness (QED) is 0.162. The number of nitrogens with one attached hydrogen (secondary N) is 4. The molecular formula is C34H38N4O4. The van der Waals surface area contributed by atoms with Crippen LogP contribution in [0.3, 0.4) is 0 Å². The van der Waals surface area contributed by atoms with Crippen LogP contribution in [0.5, 0.6) is 0 Å². The van der Waals surface area contributed by atoms with E-state index >= 15 is 0 Å². The smallest absolute Gasteiger partial charge is 0.303 e. The topological polar surface area (TPSA) is 138 Å². The highest BCUT2D eigenvalue weighted by Gasteiger charge is 2.21. The van der Waals surface area contributed by atoms with E-state index in [1.54, 1.807) is 0 Å². The van der Waals surface area contributed by atoms with Crippen LogP contribution in [0.2, 0.25) is 0 Å². The number of carboxylic acids is 2. The van der Waals surface area contributed by atoms with Crippen LogP contribution in [0.1, 0.15) is 91.5 Å². The summed E-state index contributed by atoms with van der Waals surface area (Å²) in [6, 6.07) is 0. The van der Waals surface area contributed by atoms with Crippen molar-refractivity contribution in [1.82, 2.24) is 19.9 Å². The average Bonchev–Trinajstić information content (AvgIpc) is 3.59. The molecule has 1 aliphatic rings. The fourth-order valence-electron chi connectivity index (χ4n) is 6.29. The number of hydrogen-bond donors (Lipinski definition) is 6. The maximum atomic E-state index is 11.5. The average molecular weight is 567 g/mol. The molecule has 8 heteroatoms. The van der Waals surface area contributed by atoms with Crippen molar-refractivity contribution < 1.29 is 19.8 Å². The number of carboxylic acid groups (broad SMARTS) is 2. The Hall–Kier alpha value is -4.72. The second kappa shape index (κ2) is 11.3. The molecular weight excluding hydrogens is 528 g/mol. The molecule has 0 spiro atoms. The van der Waals surface area contributed by atoms with Crippen molar-refractivity contribution in [2.75, 3.05) is 0 Å². The summed E-state index contributed by atoms with van der Waals surface area (Å²) in [6.45, 7) is 16.4. The lowest BCUT2D eigenvalue weighted by Crippen LogP contribution is -2.14. The molecule has 0 atom stereocenters. The van der Waals surface area contributed by atoms with Gasteiger partial charge in [-0.2, -0.15) is 0 Å². The number of hydrogen-bond acceptors (Lipinski definition) is 2. The lowest BCUT2D eigenvalue weighted by atomic mass is 10.0. The Morgan fingerprint density at radius 1 is 0.667 bits per heavy atom. The fraction of sp³-hybridized carbons (Fsp3) is 0.294. The van der Waals surface area contributed by atoms with Crippen LogP contribution >= 0.6 is 0 Å². The van der Waals surface area contributed by atoms with Gasteiger partial charge >= 0.3 is 11.9 Å². The van der Waals surface area contributed by atoms with E-state index in [4.69, 9.17) is 0 Å². The van der Waals surface area contributed by atoms with Crippen molar-refractivity contribution in [2.45, 2.75) is 66.2 Å². The molecule has 8 nitrogen and oxygen atoms in total. The summed E-state index contributed by atoms with van der Waals surface area (Å²) in [4.78, 5) is 37.5. The summed E-state index contributed by atoms with van der Waals surface area (Å²) in [5.41, 5.74) is 14.2. The van der Waals surface area contributed by atoms with Crippen molar-refractivity contribution in [2.24, 2.45) is 0 Å². The first-order valence-corrected chi connectivity index (χ1v) is 14.2. The highest BCUT2D eigenvalue weighted by atomic mass is 16.4. The van der Waals surface area contributed by atoms with Gasteiger partial charge in [0.05, 0.1) is 0 Å². The first-order valence-electron chi connectivity index (χ1n) is 14.2. The van der Waals surface area contributed by atoms with Gasteiger partial charge in [-0.15, -0.1) is 0 Å². The number of H-pyrrole nitrogens is 4. The Labute approximate surface area is 244 Å². The van der Waals surface area contributed by atoms with Crippen molar-refractivity contribution >= 4 is 36.2 Å². The normalized spacial score (nSPS) is 14.1. The van der Waals surface area contributed by atoms with Gasteiger partial charge in [0.1, 0.15) is 0 Å². The Bertz CT molecular complexity index is 1870. The number of rotatable bonds is 8. The Morgan fingerprint density at radius 2 is 1.19 bits per heavy atom. The van der Waals surface area contributed by atoms with E-state index in [0.29, 0.717) is 25.7 Å². The van der Waals surface area contributed by atoms with Crippen molar-refractivity contribution in [3.05, 3.63) is 103 Å². The zero-order valence-corrected chi connectivity index (χ0v) is 24.7. The van der Waals surface area contributed by atoms with Crippen LogP contribution in [0, 0.1) is 27.7 Å². The third-order valence-electron chi connectivity index (χ3n) is 8.74. The van der Waals surface area contributed by atoms with Crippen molar-refractivity contribution in [3.63, 3.8) is 0 Å². The van der Waals surface area contributed by atoms with Gasteiger partial charge in [0.15, 0.2) is 0 Å². The minimum Gasteiger partial charge on any atom is -0.481 e. The molecule has 0 radical (unpaired) electrons. The van der Waals surface area contributed by atoms with E-state index in [1.165, 1.54) is 0 Å². The molecule has 0 unspecified atom stereocenters. The predicted octanol–water partition coefficient (Wildman–Crippen LogP) is 4.71. The molecule has 0 aliphatic carbocycles. The molecule has 5 rings (SSSR count). The van der Waals surface area contributed by atoms with Crippen molar-refractivity contribution in [1.29, 1.82) is 0 Å². The van der Waals surface area contributed by atoms with Gasteiger partial charge in [-0.3, -0.25) is 9.59 Å². The minimum atomic E-state index is -0.857. The molecule has 5 heterocycles. The zero-order valence-electron chi connectivity index (χ0n) is 24.7. The SMILES string of the molecule is C=Cc1c2[nH]c(c1C)/C=c1\[nH]/c(c(CCC(=O)O)c1C)=C/c1[nH]c(c(C)c1CCC(=O)O)Cc1[nH]c(c(C)c1C=C)C2. The number of aliphatic carboxylic acids is 2. The van der Waals surface area contributed by atoms with Crippen LogP contribution in [-0.4, -0.2) is 42.1 Å². The molecule has 4 aromatic heterocycles. The van der Waals surface area contributed by atoms with Crippen LogP contribution in [-0.2, 0) is 35.3 Å². The third kappa shape index (κ3) is 5.20. The number of aromatic nitrogens is 4. The maximum absolute atomic E-state index is 11.5. The van der Waals surface area contributed by atoms with Gasteiger partial charge in [0, 0.05) is 70.5 Å². The number of carbonyl (C=O) groups is 2. The number of fused-ring (bicyclic) bond motifs is 8. The molecule has 0 fully saturated rings. The van der Waals surface area contributed by atoms with Crippen LogP contribution in [0.25, 0.3) is 24.3 Å². The molecule has 0 saturated heterocycles. The molecule has 0 saturated carbocycles. The standard InChI is InChI=1S/C34H38N4O4/c1-7-21-17(3)25-13-26-19(5)23(9-11-33(39)40)31(37-26)16-32-24(10-12-34(41)42)20(6)28(38-32)15-30-22(8-2)18(4)27(36-30)14-29(21)35-25/h7-8,13,16,35-38H,1-2,9-12,14-15H2,3-6H3,(H,39,40)(H,41,42)/b26-13-,31-16+.